The maximum absolute atomic E-state index is 12.5. The number of benzene rings is 1. The van der Waals surface area contributed by atoms with E-state index in [0.29, 0.717) is 16.8 Å². The summed E-state index contributed by atoms with van der Waals surface area (Å²) >= 11 is 5.93. The van der Waals surface area contributed by atoms with Gasteiger partial charge in [-0.15, -0.1) is 0 Å². The molecule has 1 saturated carbocycles. The van der Waals surface area contributed by atoms with Gasteiger partial charge in [0.1, 0.15) is 5.75 Å². The van der Waals surface area contributed by atoms with Crippen LogP contribution >= 0.6 is 11.6 Å². The highest BCUT2D eigenvalue weighted by molar-refractivity contribution is 6.30. The van der Waals surface area contributed by atoms with E-state index >= 15 is 0 Å². The first-order valence-electron chi connectivity index (χ1n) is 7.66. The Labute approximate surface area is 132 Å². The predicted molar refractivity (Wildman–Crippen MR) is 85.7 cm³/mol. The topological polar surface area (TPSA) is 29.5 Å². The third-order valence-electron chi connectivity index (χ3n) is 4.34. The number of hydrogen-bond donors (Lipinski definition) is 0. The van der Waals surface area contributed by atoms with E-state index in [1.807, 2.05) is 24.1 Å². The first-order valence-corrected chi connectivity index (χ1v) is 8.04. The third-order valence-corrected chi connectivity index (χ3v) is 4.57. The molecule has 1 atom stereocenters. The summed E-state index contributed by atoms with van der Waals surface area (Å²) in [4.78, 5) is 14.3. The van der Waals surface area contributed by atoms with E-state index in [1.165, 1.54) is 12.8 Å². The van der Waals surface area contributed by atoms with Crippen molar-refractivity contribution >= 4 is 17.5 Å². The zero-order valence-corrected chi connectivity index (χ0v) is 13.8. The van der Waals surface area contributed by atoms with E-state index in [-0.39, 0.29) is 5.91 Å². The van der Waals surface area contributed by atoms with Crippen LogP contribution in [0.5, 0.6) is 5.75 Å². The fourth-order valence-corrected chi connectivity index (χ4v) is 3.07. The van der Waals surface area contributed by atoms with Gasteiger partial charge in [-0.05, 0) is 56.7 Å². The van der Waals surface area contributed by atoms with Gasteiger partial charge in [0.2, 0.25) is 0 Å². The largest absolute Gasteiger partial charge is 0.481 e. The lowest BCUT2D eigenvalue weighted by Gasteiger charge is -2.34. The van der Waals surface area contributed by atoms with E-state index in [1.54, 1.807) is 19.1 Å². The molecule has 0 aliphatic heterocycles. The minimum absolute atomic E-state index is 0.0366. The van der Waals surface area contributed by atoms with Gasteiger partial charge in [0.05, 0.1) is 0 Å². The second-order valence-corrected chi connectivity index (χ2v) is 6.52. The summed E-state index contributed by atoms with van der Waals surface area (Å²) in [5, 5.41) is 0.613. The van der Waals surface area contributed by atoms with E-state index in [0.717, 1.165) is 18.8 Å². The Morgan fingerprint density at radius 3 is 2.62 bits per heavy atom. The molecular formula is C17H24ClNO2. The molecule has 1 aliphatic rings. The molecule has 1 aliphatic carbocycles. The van der Waals surface area contributed by atoms with Crippen molar-refractivity contribution in [3.05, 3.63) is 29.3 Å². The van der Waals surface area contributed by atoms with Crippen LogP contribution < -0.4 is 4.74 Å². The molecule has 1 fully saturated rings. The molecule has 116 valence electrons. The van der Waals surface area contributed by atoms with Crippen LogP contribution in [0.4, 0.5) is 0 Å². The van der Waals surface area contributed by atoms with Crippen molar-refractivity contribution in [2.75, 3.05) is 7.05 Å². The van der Waals surface area contributed by atoms with Crippen molar-refractivity contribution in [3.63, 3.8) is 0 Å². The Morgan fingerprint density at radius 2 is 2.00 bits per heavy atom. The van der Waals surface area contributed by atoms with Gasteiger partial charge in [0.25, 0.3) is 5.91 Å². The van der Waals surface area contributed by atoms with E-state index in [4.69, 9.17) is 16.3 Å². The fraction of sp³-hybridized carbons (Fsp3) is 0.588. The lowest BCUT2D eigenvalue weighted by molar-refractivity contribution is -0.139. The number of carbonyl (C=O) groups excluding carboxylic acids is 1. The van der Waals surface area contributed by atoms with Crippen molar-refractivity contribution in [3.8, 4) is 5.75 Å². The van der Waals surface area contributed by atoms with Crippen LogP contribution in [-0.2, 0) is 4.79 Å². The molecule has 0 aromatic heterocycles. The third kappa shape index (κ3) is 4.37. The van der Waals surface area contributed by atoms with Gasteiger partial charge >= 0.3 is 0 Å². The summed E-state index contributed by atoms with van der Waals surface area (Å²) in [6, 6.07) is 7.50. The maximum Gasteiger partial charge on any atom is 0.263 e. The molecule has 1 aromatic carbocycles. The second-order valence-electron chi connectivity index (χ2n) is 6.08. The summed E-state index contributed by atoms with van der Waals surface area (Å²) in [5.74, 6) is 1.45. The molecule has 2 rings (SSSR count). The minimum atomic E-state index is -0.493. The Hall–Kier alpha value is -1.22. The number of hydrogen-bond acceptors (Lipinski definition) is 2. The van der Waals surface area contributed by atoms with E-state index < -0.39 is 6.10 Å². The van der Waals surface area contributed by atoms with Crippen LogP contribution in [0.3, 0.4) is 0 Å². The summed E-state index contributed by atoms with van der Waals surface area (Å²) < 4.78 is 5.71. The first kappa shape index (κ1) is 16.2. The summed E-state index contributed by atoms with van der Waals surface area (Å²) in [5.41, 5.74) is 0. The number of ether oxygens (including phenoxy) is 1. The Morgan fingerprint density at radius 1 is 1.33 bits per heavy atom. The summed E-state index contributed by atoms with van der Waals surface area (Å²) in [6.07, 6.45) is 4.09. The van der Waals surface area contributed by atoms with Crippen LogP contribution in [0.2, 0.25) is 5.02 Å². The molecule has 1 aromatic rings. The van der Waals surface area contributed by atoms with Gasteiger partial charge < -0.3 is 9.64 Å². The highest BCUT2D eigenvalue weighted by Crippen LogP contribution is 2.27. The van der Waals surface area contributed by atoms with Crippen LogP contribution in [0.15, 0.2) is 24.3 Å². The lowest BCUT2D eigenvalue weighted by atomic mass is 9.86. The molecule has 1 amide bonds. The standard InChI is InChI=1S/C17H24ClNO2/c1-12-7-9-15(10-8-12)19(3)17(20)13(2)21-16-6-4-5-14(18)11-16/h4-6,11-13,15H,7-10H2,1-3H3. The molecule has 0 N–H and O–H groups in total. The highest BCUT2D eigenvalue weighted by atomic mass is 35.5. The first-order chi connectivity index (χ1) is 9.97. The molecule has 3 nitrogen and oxygen atoms in total. The summed E-state index contributed by atoms with van der Waals surface area (Å²) in [7, 11) is 1.89. The van der Waals surface area contributed by atoms with Gasteiger partial charge in [0.15, 0.2) is 6.10 Å². The minimum Gasteiger partial charge on any atom is -0.481 e. The molecule has 21 heavy (non-hydrogen) atoms. The number of nitrogens with zero attached hydrogens (tertiary/aromatic N) is 1. The lowest BCUT2D eigenvalue weighted by Crippen LogP contribution is -2.45. The number of amides is 1. The Kier molecular flexibility index (Phi) is 5.51. The average molecular weight is 310 g/mol. The summed E-state index contributed by atoms with van der Waals surface area (Å²) in [6.45, 7) is 4.08. The molecule has 0 saturated heterocycles. The number of carbonyl (C=O) groups is 1. The normalized spacial score (nSPS) is 23.4. The zero-order chi connectivity index (χ0) is 15.4. The molecule has 4 heteroatoms. The van der Waals surface area contributed by atoms with Gasteiger partial charge in [-0.3, -0.25) is 4.79 Å². The SMILES string of the molecule is CC1CCC(N(C)C(=O)C(C)Oc2cccc(Cl)c2)CC1. The number of likely N-dealkylation sites (N-methyl/N-ethyl adjacent to an activating group) is 1. The fourth-order valence-electron chi connectivity index (χ4n) is 2.89. The molecule has 0 bridgehead atoms. The van der Waals surface area contributed by atoms with Gasteiger partial charge in [0, 0.05) is 18.1 Å². The van der Waals surface area contributed by atoms with Gasteiger partial charge in [-0.2, -0.15) is 0 Å². The Balaban J connectivity index is 1.92. The molecular weight excluding hydrogens is 286 g/mol. The van der Waals surface area contributed by atoms with Crippen molar-refractivity contribution in [1.29, 1.82) is 0 Å². The Bertz CT molecular complexity index is 483. The highest BCUT2D eigenvalue weighted by Gasteiger charge is 2.28. The molecule has 1 unspecified atom stereocenters. The van der Waals surface area contributed by atoms with Crippen molar-refractivity contribution < 1.29 is 9.53 Å². The average Bonchev–Trinajstić information content (AvgIpc) is 2.46. The van der Waals surface area contributed by atoms with Gasteiger partial charge in [-0.1, -0.05) is 24.6 Å². The predicted octanol–water partition coefficient (Wildman–Crippen LogP) is 4.14. The smallest absolute Gasteiger partial charge is 0.263 e. The van der Waals surface area contributed by atoms with Crippen molar-refractivity contribution in [2.24, 2.45) is 5.92 Å². The molecule has 0 radical (unpaired) electrons. The van der Waals surface area contributed by atoms with Crippen molar-refractivity contribution in [2.45, 2.75) is 51.7 Å². The quantitative estimate of drug-likeness (QED) is 0.836. The van der Waals surface area contributed by atoms with Crippen LogP contribution in [0.25, 0.3) is 0 Å². The second kappa shape index (κ2) is 7.17. The maximum atomic E-state index is 12.5. The molecule has 0 heterocycles. The van der Waals surface area contributed by atoms with E-state index in [2.05, 4.69) is 6.92 Å². The van der Waals surface area contributed by atoms with Gasteiger partial charge in [-0.25, -0.2) is 0 Å². The molecule has 0 spiro atoms. The number of rotatable bonds is 4. The number of halogens is 1. The van der Waals surface area contributed by atoms with Crippen LogP contribution in [0.1, 0.15) is 39.5 Å². The monoisotopic (exact) mass is 309 g/mol. The van der Waals surface area contributed by atoms with E-state index in [9.17, 15) is 4.79 Å². The van der Waals surface area contributed by atoms with Crippen LogP contribution in [0, 0.1) is 5.92 Å². The van der Waals surface area contributed by atoms with Crippen molar-refractivity contribution in [1.82, 2.24) is 4.90 Å². The van der Waals surface area contributed by atoms with Crippen LogP contribution in [-0.4, -0.2) is 30.0 Å². The zero-order valence-electron chi connectivity index (χ0n) is 13.0.